The van der Waals surface area contributed by atoms with Crippen LogP contribution < -0.4 is 15.0 Å². The van der Waals surface area contributed by atoms with Crippen molar-refractivity contribution in [1.29, 1.82) is 0 Å². The number of aromatic nitrogens is 3. The lowest BCUT2D eigenvalue weighted by Gasteiger charge is -2.20. The highest BCUT2D eigenvalue weighted by Crippen LogP contribution is 2.30. The van der Waals surface area contributed by atoms with E-state index in [1.54, 1.807) is 17.0 Å². The molecule has 0 aliphatic carbocycles. The van der Waals surface area contributed by atoms with Gasteiger partial charge in [0, 0.05) is 36.1 Å². The fourth-order valence-corrected chi connectivity index (χ4v) is 3.88. The second-order valence-corrected chi connectivity index (χ2v) is 7.50. The molecule has 0 atom stereocenters. The molecular formula is C24H26N4O4. The maximum absolute atomic E-state index is 12.9. The van der Waals surface area contributed by atoms with Crippen molar-refractivity contribution in [3.05, 3.63) is 64.3 Å². The zero-order chi connectivity index (χ0) is 22.7. The van der Waals surface area contributed by atoms with Crippen LogP contribution in [0.15, 0.2) is 47.4 Å². The van der Waals surface area contributed by atoms with Crippen molar-refractivity contribution in [3.8, 4) is 11.5 Å². The molecule has 32 heavy (non-hydrogen) atoms. The Morgan fingerprint density at radius 1 is 1.09 bits per heavy atom. The van der Waals surface area contributed by atoms with Crippen LogP contribution in [0.4, 0.5) is 0 Å². The molecule has 0 saturated heterocycles. The van der Waals surface area contributed by atoms with Gasteiger partial charge >= 0.3 is 0 Å². The van der Waals surface area contributed by atoms with Crippen LogP contribution in [0.5, 0.6) is 11.5 Å². The highest BCUT2D eigenvalue weighted by molar-refractivity contribution is 5.84. The largest absolute Gasteiger partial charge is 0.493 e. The van der Waals surface area contributed by atoms with Crippen molar-refractivity contribution >= 4 is 27.7 Å². The second-order valence-electron chi connectivity index (χ2n) is 7.50. The predicted molar refractivity (Wildman–Crippen MR) is 123 cm³/mol. The van der Waals surface area contributed by atoms with Gasteiger partial charge < -0.3 is 24.3 Å². The van der Waals surface area contributed by atoms with Crippen molar-refractivity contribution < 1.29 is 14.3 Å². The summed E-state index contributed by atoms with van der Waals surface area (Å²) in [5.41, 5.74) is 2.38. The van der Waals surface area contributed by atoms with E-state index in [4.69, 9.17) is 9.47 Å². The summed E-state index contributed by atoms with van der Waals surface area (Å²) in [6.45, 7) is 2.65. The van der Waals surface area contributed by atoms with E-state index in [2.05, 4.69) is 21.0 Å². The normalized spacial score (nSPS) is 11.1. The Hall–Kier alpha value is -3.81. The van der Waals surface area contributed by atoms with Crippen molar-refractivity contribution in [3.63, 3.8) is 0 Å². The number of amides is 1. The van der Waals surface area contributed by atoms with Crippen LogP contribution in [0.3, 0.4) is 0 Å². The monoisotopic (exact) mass is 434 g/mol. The minimum absolute atomic E-state index is 0.00726. The highest BCUT2D eigenvalue weighted by atomic mass is 16.5. The van der Waals surface area contributed by atoms with Gasteiger partial charge in [0.1, 0.15) is 5.82 Å². The molecule has 0 aliphatic heterocycles. The number of carbonyl (C=O) groups excluding carboxylic acids is 1. The van der Waals surface area contributed by atoms with Gasteiger partial charge in [0.2, 0.25) is 5.91 Å². The van der Waals surface area contributed by atoms with Crippen molar-refractivity contribution in [2.45, 2.75) is 26.3 Å². The Bertz CT molecular complexity index is 1320. The number of rotatable bonds is 8. The zero-order valence-electron chi connectivity index (χ0n) is 18.4. The van der Waals surface area contributed by atoms with Crippen LogP contribution >= 0.6 is 0 Å². The van der Waals surface area contributed by atoms with Gasteiger partial charge in [-0.2, -0.15) is 0 Å². The van der Waals surface area contributed by atoms with Gasteiger partial charge in [-0.25, -0.2) is 4.98 Å². The third-order valence-corrected chi connectivity index (χ3v) is 5.62. The maximum Gasteiger partial charge on any atom is 0.258 e. The average molecular weight is 434 g/mol. The molecule has 0 saturated carbocycles. The van der Waals surface area contributed by atoms with E-state index < -0.39 is 0 Å². The third kappa shape index (κ3) is 4.16. The van der Waals surface area contributed by atoms with E-state index in [9.17, 15) is 9.59 Å². The summed E-state index contributed by atoms with van der Waals surface area (Å²) in [5, 5.41) is 1.54. The lowest BCUT2D eigenvalue weighted by Crippen LogP contribution is -2.32. The summed E-state index contributed by atoms with van der Waals surface area (Å²) in [6, 6.07) is 11.3. The van der Waals surface area contributed by atoms with E-state index in [1.165, 1.54) is 14.2 Å². The molecule has 0 fully saturated rings. The van der Waals surface area contributed by atoms with E-state index in [0.29, 0.717) is 47.6 Å². The molecule has 0 spiro atoms. The summed E-state index contributed by atoms with van der Waals surface area (Å²) in [4.78, 5) is 37.8. The predicted octanol–water partition coefficient (Wildman–Crippen LogP) is 3.40. The van der Waals surface area contributed by atoms with Gasteiger partial charge in [-0.15, -0.1) is 0 Å². The Balaban J connectivity index is 1.52. The van der Waals surface area contributed by atoms with Crippen LogP contribution in [-0.2, 0) is 17.8 Å². The molecule has 4 rings (SSSR count). The van der Waals surface area contributed by atoms with E-state index in [0.717, 1.165) is 16.5 Å². The van der Waals surface area contributed by atoms with Crippen LogP contribution in [0.1, 0.15) is 24.7 Å². The fraction of sp³-hybridized carbons (Fsp3) is 0.292. The zero-order valence-corrected chi connectivity index (χ0v) is 18.4. The topological polar surface area (TPSA) is 100 Å². The molecule has 2 N–H and O–H groups in total. The number of hydrogen-bond acceptors (Lipinski definition) is 5. The Labute approximate surface area is 185 Å². The van der Waals surface area contributed by atoms with Gasteiger partial charge in [0.05, 0.1) is 31.7 Å². The molecule has 0 bridgehead atoms. The van der Waals surface area contributed by atoms with Gasteiger partial charge in [0.15, 0.2) is 11.5 Å². The first-order valence-electron chi connectivity index (χ1n) is 10.5. The summed E-state index contributed by atoms with van der Waals surface area (Å²) < 4.78 is 10.6. The standard InChI is InChI=1S/C24H26N4O4/c1-4-28(23(29)10-9-15-13-25-18-8-6-5-7-16(15)18)14-22-26-19-12-21(32-3)20(31-2)11-17(19)24(30)27-22/h5-8,11-13,25H,4,9-10,14H2,1-3H3,(H,26,27,30). The molecule has 0 radical (unpaired) electrons. The first kappa shape index (κ1) is 21.4. The number of methoxy groups -OCH3 is 2. The van der Waals surface area contributed by atoms with Crippen molar-refractivity contribution in [1.82, 2.24) is 19.9 Å². The molecule has 1 amide bonds. The molecule has 0 unspecified atom stereocenters. The van der Waals surface area contributed by atoms with Gasteiger partial charge in [-0.3, -0.25) is 9.59 Å². The molecule has 8 heteroatoms. The molecule has 4 aromatic rings. The number of ether oxygens (including phenoxy) is 2. The van der Waals surface area contributed by atoms with Crippen LogP contribution in [0, 0.1) is 0 Å². The van der Waals surface area contributed by atoms with Crippen molar-refractivity contribution in [2.75, 3.05) is 20.8 Å². The minimum atomic E-state index is -0.284. The third-order valence-electron chi connectivity index (χ3n) is 5.62. The molecule has 2 heterocycles. The Morgan fingerprint density at radius 2 is 1.84 bits per heavy atom. The van der Waals surface area contributed by atoms with E-state index in [1.807, 2.05) is 31.3 Å². The van der Waals surface area contributed by atoms with Gasteiger partial charge in [-0.1, -0.05) is 18.2 Å². The lowest BCUT2D eigenvalue weighted by atomic mass is 10.1. The quantitative estimate of drug-likeness (QED) is 0.443. The summed E-state index contributed by atoms with van der Waals surface area (Å²) in [7, 11) is 3.05. The minimum Gasteiger partial charge on any atom is -0.493 e. The van der Waals surface area contributed by atoms with Crippen LogP contribution in [0.2, 0.25) is 0 Å². The molecule has 2 aromatic carbocycles. The average Bonchev–Trinajstić information content (AvgIpc) is 3.23. The first-order chi connectivity index (χ1) is 15.5. The SMILES string of the molecule is CCN(Cc1nc2cc(OC)c(OC)cc2c(=O)[nH]1)C(=O)CCc1c[nH]c2ccccc12. The van der Waals surface area contributed by atoms with Crippen molar-refractivity contribution in [2.24, 2.45) is 0 Å². The lowest BCUT2D eigenvalue weighted by molar-refractivity contribution is -0.131. The number of aryl methyl sites for hydroxylation is 1. The summed E-state index contributed by atoms with van der Waals surface area (Å²) >= 11 is 0. The number of nitrogens with zero attached hydrogens (tertiary/aromatic N) is 2. The number of fused-ring (bicyclic) bond motifs is 2. The molecule has 8 nitrogen and oxygen atoms in total. The first-order valence-corrected chi connectivity index (χ1v) is 10.5. The molecule has 0 aliphatic rings. The number of carbonyl (C=O) groups is 1. The van der Waals surface area contributed by atoms with Crippen LogP contribution in [-0.4, -0.2) is 46.5 Å². The number of para-hydroxylation sites is 1. The molecule has 2 aromatic heterocycles. The van der Waals surface area contributed by atoms with Gasteiger partial charge in [-0.05, 0) is 31.0 Å². The smallest absolute Gasteiger partial charge is 0.258 e. The number of nitrogens with one attached hydrogen (secondary N) is 2. The maximum atomic E-state index is 12.9. The Morgan fingerprint density at radius 3 is 2.59 bits per heavy atom. The van der Waals surface area contributed by atoms with Gasteiger partial charge in [0.25, 0.3) is 5.56 Å². The second kappa shape index (κ2) is 9.13. The van der Waals surface area contributed by atoms with E-state index in [-0.39, 0.29) is 18.0 Å². The van der Waals surface area contributed by atoms with E-state index >= 15 is 0 Å². The molecular weight excluding hydrogens is 408 g/mol. The number of hydrogen-bond donors (Lipinski definition) is 2. The highest BCUT2D eigenvalue weighted by Gasteiger charge is 2.16. The summed E-state index contributed by atoms with van der Waals surface area (Å²) in [6.07, 6.45) is 2.97. The summed E-state index contributed by atoms with van der Waals surface area (Å²) in [5.74, 6) is 1.39. The number of aromatic amines is 2. The van der Waals surface area contributed by atoms with Crippen LogP contribution in [0.25, 0.3) is 21.8 Å². The fourth-order valence-electron chi connectivity index (χ4n) is 3.88. The molecule has 166 valence electrons. The Kier molecular flexibility index (Phi) is 6.11. The number of benzene rings is 2. The number of H-pyrrole nitrogens is 2.